The van der Waals surface area contributed by atoms with Crippen LogP contribution in [0.1, 0.15) is 49.9 Å². The van der Waals surface area contributed by atoms with Crippen molar-refractivity contribution in [3.63, 3.8) is 0 Å². The molecule has 0 radical (unpaired) electrons. The molecule has 0 amide bonds. The van der Waals surface area contributed by atoms with Crippen LogP contribution in [-0.4, -0.2) is 12.4 Å². The molecule has 0 saturated heterocycles. The van der Waals surface area contributed by atoms with Crippen LogP contribution >= 0.6 is 0 Å². The van der Waals surface area contributed by atoms with E-state index >= 15 is 0 Å². The maximum Gasteiger partial charge on any atom is 0.163 e. The average Bonchev–Trinajstić information content (AvgIpc) is 2.46. The Kier molecular flexibility index (Phi) is 5.16. The third kappa shape index (κ3) is 3.60. The van der Waals surface area contributed by atoms with E-state index in [1.165, 1.54) is 19.3 Å². The van der Waals surface area contributed by atoms with Gasteiger partial charge in [-0.25, -0.2) is 0 Å². The molecule has 0 aliphatic heterocycles. The van der Waals surface area contributed by atoms with Gasteiger partial charge in [0.25, 0.3) is 0 Å². The summed E-state index contributed by atoms with van der Waals surface area (Å²) >= 11 is 0. The topological polar surface area (TPSA) is 26.3 Å². The summed E-state index contributed by atoms with van der Waals surface area (Å²) in [5.74, 6) is 0.770. The number of carbonyl (C=O) groups is 1. The van der Waals surface area contributed by atoms with E-state index in [1.54, 1.807) is 6.92 Å². The minimum Gasteiger partial charge on any atom is -0.493 e. The summed E-state index contributed by atoms with van der Waals surface area (Å²) in [5.41, 5.74) is 0.680. The maximum absolute atomic E-state index is 11.8. The summed E-state index contributed by atoms with van der Waals surface area (Å²) in [6.07, 6.45) is 4.67. The fourth-order valence-corrected chi connectivity index (χ4v) is 2.32. The van der Waals surface area contributed by atoms with Crippen LogP contribution in [0.15, 0.2) is 36.4 Å². The molecular weight excluding hydrogens is 248 g/mol. The monoisotopic (exact) mass is 270 g/mol. The van der Waals surface area contributed by atoms with Crippen molar-refractivity contribution in [3.05, 3.63) is 42.0 Å². The highest BCUT2D eigenvalue weighted by Crippen LogP contribution is 2.26. The van der Waals surface area contributed by atoms with E-state index in [1.807, 2.05) is 36.4 Å². The third-order valence-electron chi connectivity index (χ3n) is 3.48. The van der Waals surface area contributed by atoms with E-state index in [4.69, 9.17) is 4.74 Å². The van der Waals surface area contributed by atoms with Crippen LogP contribution in [0.3, 0.4) is 0 Å². The Morgan fingerprint density at radius 2 is 1.75 bits per heavy atom. The molecule has 2 aromatic rings. The largest absolute Gasteiger partial charge is 0.493 e. The number of unbranched alkanes of at least 4 members (excludes halogenated alkanes) is 3. The standard InChI is InChI=1S/C18H22O2/c1-3-4-5-8-11-20-18-13-16-10-7-6-9-15(16)12-17(18)14(2)19/h6-7,9-10,12-13H,3-5,8,11H2,1-2H3. The van der Waals surface area contributed by atoms with E-state index in [2.05, 4.69) is 6.92 Å². The number of fused-ring (bicyclic) bond motifs is 1. The Labute approximate surface area is 120 Å². The van der Waals surface area contributed by atoms with Crippen molar-refractivity contribution in [1.82, 2.24) is 0 Å². The van der Waals surface area contributed by atoms with Crippen molar-refractivity contribution in [3.8, 4) is 5.75 Å². The smallest absolute Gasteiger partial charge is 0.163 e. The normalized spacial score (nSPS) is 10.7. The highest BCUT2D eigenvalue weighted by atomic mass is 16.5. The van der Waals surface area contributed by atoms with Crippen molar-refractivity contribution in [1.29, 1.82) is 0 Å². The van der Waals surface area contributed by atoms with Crippen LogP contribution in [0, 0.1) is 0 Å². The molecule has 0 saturated carbocycles. The predicted octanol–water partition coefficient (Wildman–Crippen LogP) is 5.00. The molecule has 106 valence electrons. The quantitative estimate of drug-likeness (QED) is 0.522. The summed E-state index contributed by atoms with van der Waals surface area (Å²) in [6.45, 7) is 4.46. The van der Waals surface area contributed by atoms with Gasteiger partial charge in [0, 0.05) is 0 Å². The van der Waals surface area contributed by atoms with Crippen LogP contribution < -0.4 is 4.74 Å². The molecule has 2 heteroatoms. The van der Waals surface area contributed by atoms with Crippen molar-refractivity contribution in [2.75, 3.05) is 6.61 Å². The zero-order valence-corrected chi connectivity index (χ0v) is 12.3. The van der Waals surface area contributed by atoms with E-state index in [-0.39, 0.29) is 5.78 Å². The van der Waals surface area contributed by atoms with Crippen molar-refractivity contribution < 1.29 is 9.53 Å². The summed E-state index contributed by atoms with van der Waals surface area (Å²) in [4.78, 5) is 11.8. The van der Waals surface area contributed by atoms with Gasteiger partial charge in [-0.1, -0.05) is 50.5 Å². The second-order valence-electron chi connectivity index (χ2n) is 5.16. The lowest BCUT2D eigenvalue weighted by molar-refractivity contribution is 0.101. The van der Waals surface area contributed by atoms with Crippen LogP contribution in [0.5, 0.6) is 5.75 Å². The molecule has 0 spiro atoms. The van der Waals surface area contributed by atoms with Crippen molar-refractivity contribution in [2.24, 2.45) is 0 Å². The number of rotatable bonds is 7. The van der Waals surface area contributed by atoms with Crippen LogP contribution in [0.25, 0.3) is 10.8 Å². The van der Waals surface area contributed by atoms with Gasteiger partial charge in [-0.2, -0.15) is 0 Å². The molecule has 0 aliphatic carbocycles. The Morgan fingerprint density at radius 1 is 1.05 bits per heavy atom. The van der Waals surface area contributed by atoms with Gasteiger partial charge in [0.2, 0.25) is 0 Å². The number of benzene rings is 2. The van der Waals surface area contributed by atoms with Gasteiger partial charge in [0.05, 0.1) is 12.2 Å². The SMILES string of the molecule is CCCCCCOc1cc2ccccc2cc1C(C)=O. The number of carbonyl (C=O) groups excluding carboxylic acids is 1. The Morgan fingerprint density at radius 3 is 2.40 bits per heavy atom. The fourth-order valence-electron chi connectivity index (χ4n) is 2.32. The molecule has 0 aromatic heterocycles. The zero-order valence-electron chi connectivity index (χ0n) is 12.3. The van der Waals surface area contributed by atoms with Gasteiger partial charge >= 0.3 is 0 Å². The molecule has 0 fully saturated rings. The molecular formula is C18H22O2. The number of hydrogen-bond acceptors (Lipinski definition) is 2. The summed E-state index contributed by atoms with van der Waals surface area (Å²) in [6, 6.07) is 12.0. The first-order valence-corrected chi connectivity index (χ1v) is 7.39. The second kappa shape index (κ2) is 7.09. The molecule has 20 heavy (non-hydrogen) atoms. The minimum absolute atomic E-state index is 0.0549. The first kappa shape index (κ1) is 14.6. The lowest BCUT2D eigenvalue weighted by Crippen LogP contribution is -2.03. The highest BCUT2D eigenvalue weighted by molar-refractivity contribution is 6.01. The summed E-state index contributed by atoms with van der Waals surface area (Å²) in [7, 11) is 0. The van der Waals surface area contributed by atoms with Crippen LogP contribution in [-0.2, 0) is 0 Å². The Hall–Kier alpha value is -1.83. The third-order valence-corrected chi connectivity index (χ3v) is 3.48. The number of ketones is 1. The lowest BCUT2D eigenvalue weighted by atomic mass is 10.0. The molecule has 0 unspecified atom stereocenters. The molecule has 2 nitrogen and oxygen atoms in total. The van der Waals surface area contributed by atoms with Gasteiger partial charge < -0.3 is 4.74 Å². The summed E-state index contributed by atoms with van der Waals surface area (Å²) in [5, 5.41) is 2.19. The van der Waals surface area contributed by atoms with E-state index < -0.39 is 0 Å². The van der Waals surface area contributed by atoms with Crippen molar-refractivity contribution in [2.45, 2.75) is 39.5 Å². The molecule has 0 aliphatic rings. The molecule has 0 atom stereocenters. The van der Waals surface area contributed by atoms with E-state index in [9.17, 15) is 4.79 Å². The van der Waals surface area contributed by atoms with Crippen LogP contribution in [0.2, 0.25) is 0 Å². The Balaban J connectivity index is 2.17. The fraction of sp³-hybridized carbons (Fsp3) is 0.389. The number of hydrogen-bond donors (Lipinski definition) is 0. The van der Waals surface area contributed by atoms with Gasteiger partial charge in [0.1, 0.15) is 5.75 Å². The lowest BCUT2D eigenvalue weighted by Gasteiger charge is -2.11. The first-order chi connectivity index (χ1) is 9.72. The summed E-state index contributed by atoms with van der Waals surface area (Å²) < 4.78 is 5.83. The van der Waals surface area contributed by atoms with Crippen molar-refractivity contribution >= 4 is 16.6 Å². The Bertz CT molecular complexity index is 587. The second-order valence-corrected chi connectivity index (χ2v) is 5.16. The van der Waals surface area contributed by atoms with Gasteiger partial charge in [-0.15, -0.1) is 0 Å². The predicted molar refractivity (Wildman–Crippen MR) is 83.6 cm³/mol. The highest BCUT2D eigenvalue weighted by Gasteiger charge is 2.10. The molecule has 0 heterocycles. The molecule has 2 rings (SSSR count). The van der Waals surface area contributed by atoms with Gasteiger partial charge in [-0.05, 0) is 36.2 Å². The maximum atomic E-state index is 11.8. The van der Waals surface area contributed by atoms with E-state index in [0.717, 1.165) is 17.2 Å². The molecule has 2 aromatic carbocycles. The van der Waals surface area contributed by atoms with Gasteiger partial charge in [-0.3, -0.25) is 4.79 Å². The number of Topliss-reactive ketones (excluding diaryl/α,β-unsaturated/α-hetero) is 1. The van der Waals surface area contributed by atoms with E-state index in [0.29, 0.717) is 17.9 Å². The van der Waals surface area contributed by atoms with Crippen LogP contribution in [0.4, 0.5) is 0 Å². The average molecular weight is 270 g/mol. The van der Waals surface area contributed by atoms with Gasteiger partial charge in [0.15, 0.2) is 5.78 Å². The first-order valence-electron chi connectivity index (χ1n) is 7.39. The number of ether oxygens (including phenoxy) is 1. The minimum atomic E-state index is 0.0549. The zero-order chi connectivity index (χ0) is 14.4. The molecule has 0 bridgehead atoms. The molecule has 0 N–H and O–H groups in total.